The average Bonchev–Trinajstić information content (AvgIpc) is 2.67. The van der Waals surface area contributed by atoms with Crippen molar-refractivity contribution in [2.45, 2.75) is 45.1 Å². The number of carbonyl (C=O) groups is 1. The quantitative estimate of drug-likeness (QED) is 0.776. The molecule has 1 aliphatic rings. The van der Waals surface area contributed by atoms with E-state index in [1.165, 1.54) is 18.9 Å². The number of hydrogen-bond acceptors (Lipinski definition) is 2. The van der Waals surface area contributed by atoms with Crippen molar-refractivity contribution in [1.29, 1.82) is 0 Å². The Labute approximate surface area is 114 Å². The fourth-order valence-electron chi connectivity index (χ4n) is 2.75. The maximum Gasteiger partial charge on any atom is 0.185 e. The van der Waals surface area contributed by atoms with Crippen LogP contribution in [0.15, 0.2) is 24.3 Å². The Kier molecular flexibility index (Phi) is 4.35. The summed E-state index contributed by atoms with van der Waals surface area (Å²) < 4.78 is 13.8. The molecule has 3 heteroatoms. The van der Waals surface area contributed by atoms with Crippen LogP contribution in [0.25, 0.3) is 0 Å². The van der Waals surface area contributed by atoms with Crippen molar-refractivity contribution in [1.82, 2.24) is 4.90 Å². The van der Waals surface area contributed by atoms with Gasteiger partial charge in [0.2, 0.25) is 0 Å². The topological polar surface area (TPSA) is 20.3 Å². The van der Waals surface area contributed by atoms with E-state index < -0.39 is 11.4 Å². The van der Waals surface area contributed by atoms with Gasteiger partial charge in [0, 0.05) is 0 Å². The molecule has 1 aromatic carbocycles. The number of hydrogen-bond donors (Lipinski definition) is 0. The Morgan fingerprint density at radius 2 is 1.68 bits per heavy atom. The molecular formula is C16H22FNO. The molecule has 1 saturated heterocycles. The van der Waals surface area contributed by atoms with Gasteiger partial charge >= 0.3 is 0 Å². The number of likely N-dealkylation sites (tertiary alicyclic amines) is 1. The summed E-state index contributed by atoms with van der Waals surface area (Å²) in [7, 11) is 0. The molecule has 0 aromatic heterocycles. The first kappa shape index (κ1) is 14.2. The maximum atomic E-state index is 13.8. The number of Topliss-reactive ketones (excluding diaryl/α,β-unsaturated/α-hetero) is 1. The third-order valence-electron chi connectivity index (χ3n) is 4.07. The predicted octanol–water partition coefficient (Wildman–Crippen LogP) is 3.66. The number of benzene rings is 1. The van der Waals surface area contributed by atoms with E-state index in [2.05, 4.69) is 4.90 Å². The summed E-state index contributed by atoms with van der Waals surface area (Å²) in [6.45, 7) is 5.67. The zero-order valence-electron chi connectivity index (χ0n) is 11.8. The molecule has 1 heterocycles. The number of nitrogens with zero attached hydrogens (tertiary/aromatic N) is 1. The van der Waals surface area contributed by atoms with E-state index in [4.69, 9.17) is 0 Å². The highest BCUT2D eigenvalue weighted by molar-refractivity contribution is 6.02. The number of carbonyl (C=O) groups excluding carboxylic acids is 1. The van der Waals surface area contributed by atoms with Crippen molar-refractivity contribution in [3.05, 3.63) is 35.6 Å². The summed E-state index contributed by atoms with van der Waals surface area (Å²) in [6, 6.07) is 6.27. The van der Waals surface area contributed by atoms with Crippen molar-refractivity contribution < 1.29 is 9.18 Å². The number of rotatable bonds is 3. The summed E-state index contributed by atoms with van der Waals surface area (Å²) in [5.74, 6) is -0.539. The van der Waals surface area contributed by atoms with Gasteiger partial charge in [-0.3, -0.25) is 9.69 Å². The highest BCUT2D eigenvalue weighted by atomic mass is 19.1. The average molecular weight is 263 g/mol. The van der Waals surface area contributed by atoms with Crippen LogP contribution in [0.1, 0.15) is 49.9 Å². The molecule has 0 bridgehead atoms. The standard InChI is InChI=1S/C16H22FNO/c1-16(2,18-11-7-3-4-8-12-18)15(19)13-9-5-6-10-14(13)17/h5-6,9-10H,3-4,7-8,11-12H2,1-2H3. The fraction of sp³-hybridized carbons (Fsp3) is 0.562. The van der Waals surface area contributed by atoms with Gasteiger partial charge in [0.1, 0.15) is 5.82 Å². The highest BCUT2D eigenvalue weighted by Crippen LogP contribution is 2.25. The largest absolute Gasteiger partial charge is 0.292 e. The molecular weight excluding hydrogens is 241 g/mol. The lowest BCUT2D eigenvalue weighted by molar-refractivity contribution is 0.0645. The Bertz CT molecular complexity index is 448. The molecule has 2 rings (SSSR count). The van der Waals surface area contributed by atoms with Gasteiger partial charge in [0.25, 0.3) is 0 Å². The van der Waals surface area contributed by atoms with Crippen molar-refractivity contribution in [3.8, 4) is 0 Å². The minimum Gasteiger partial charge on any atom is -0.292 e. The van der Waals surface area contributed by atoms with Crippen LogP contribution in [0.4, 0.5) is 4.39 Å². The Morgan fingerprint density at radius 1 is 1.11 bits per heavy atom. The lowest BCUT2D eigenvalue weighted by atomic mass is 9.90. The Hall–Kier alpha value is -1.22. The third-order valence-corrected chi connectivity index (χ3v) is 4.07. The normalized spacial score (nSPS) is 18.1. The SMILES string of the molecule is CC(C)(C(=O)c1ccccc1F)N1CCCCCC1. The van der Waals surface area contributed by atoms with E-state index in [1.54, 1.807) is 18.2 Å². The first-order valence-corrected chi connectivity index (χ1v) is 7.08. The van der Waals surface area contributed by atoms with Gasteiger partial charge in [-0.15, -0.1) is 0 Å². The second kappa shape index (κ2) is 5.83. The summed E-state index contributed by atoms with van der Waals surface area (Å²) in [4.78, 5) is 14.8. The third kappa shape index (κ3) is 3.03. The van der Waals surface area contributed by atoms with Crippen molar-refractivity contribution >= 4 is 5.78 Å². The van der Waals surface area contributed by atoms with Crippen LogP contribution in [0.2, 0.25) is 0 Å². The molecule has 1 aliphatic heterocycles. The van der Waals surface area contributed by atoms with Crippen LogP contribution < -0.4 is 0 Å². The molecule has 0 aliphatic carbocycles. The molecule has 0 radical (unpaired) electrons. The summed E-state index contributed by atoms with van der Waals surface area (Å²) in [6.07, 6.45) is 4.68. The van der Waals surface area contributed by atoms with Crippen LogP contribution in [0.3, 0.4) is 0 Å². The van der Waals surface area contributed by atoms with Crippen LogP contribution in [-0.2, 0) is 0 Å². The first-order chi connectivity index (χ1) is 9.03. The lowest BCUT2D eigenvalue weighted by Crippen LogP contribution is -2.50. The van der Waals surface area contributed by atoms with Gasteiger partial charge in [0.05, 0.1) is 11.1 Å². The number of ketones is 1. The first-order valence-electron chi connectivity index (χ1n) is 7.08. The van der Waals surface area contributed by atoms with Crippen molar-refractivity contribution in [3.63, 3.8) is 0 Å². The molecule has 104 valence electrons. The molecule has 0 amide bonds. The molecule has 0 spiro atoms. The second-order valence-electron chi connectivity index (χ2n) is 5.77. The predicted molar refractivity (Wildman–Crippen MR) is 74.9 cm³/mol. The van der Waals surface area contributed by atoms with E-state index in [0.29, 0.717) is 0 Å². The monoisotopic (exact) mass is 263 g/mol. The van der Waals surface area contributed by atoms with Gasteiger partial charge < -0.3 is 0 Å². The summed E-state index contributed by atoms with van der Waals surface area (Å²) in [5, 5.41) is 0. The van der Waals surface area contributed by atoms with Crippen molar-refractivity contribution in [2.75, 3.05) is 13.1 Å². The minimum absolute atomic E-state index is 0.118. The van der Waals surface area contributed by atoms with Gasteiger partial charge in [-0.05, 0) is 51.9 Å². The van der Waals surface area contributed by atoms with Crippen LogP contribution in [0, 0.1) is 5.82 Å². The molecule has 0 unspecified atom stereocenters. The number of halogens is 1. The van der Waals surface area contributed by atoms with E-state index in [0.717, 1.165) is 25.9 Å². The zero-order chi connectivity index (χ0) is 13.9. The molecule has 2 nitrogen and oxygen atoms in total. The highest BCUT2D eigenvalue weighted by Gasteiger charge is 2.36. The Morgan fingerprint density at radius 3 is 2.26 bits per heavy atom. The van der Waals surface area contributed by atoms with Crippen LogP contribution >= 0.6 is 0 Å². The fourth-order valence-corrected chi connectivity index (χ4v) is 2.75. The van der Waals surface area contributed by atoms with E-state index >= 15 is 0 Å². The van der Waals surface area contributed by atoms with Gasteiger partial charge in [0.15, 0.2) is 5.78 Å². The smallest absolute Gasteiger partial charge is 0.185 e. The van der Waals surface area contributed by atoms with E-state index in [-0.39, 0.29) is 11.3 Å². The zero-order valence-corrected chi connectivity index (χ0v) is 11.8. The van der Waals surface area contributed by atoms with E-state index in [9.17, 15) is 9.18 Å². The summed E-state index contributed by atoms with van der Waals surface area (Å²) >= 11 is 0. The van der Waals surface area contributed by atoms with Gasteiger partial charge in [-0.25, -0.2) is 4.39 Å². The molecule has 19 heavy (non-hydrogen) atoms. The minimum atomic E-state index is -0.632. The van der Waals surface area contributed by atoms with Crippen LogP contribution in [-0.4, -0.2) is 29.3 Å². The van der Waals surface area contributed by atoms with Crippen LogP contribution in [0.5, 0.6) is 0 Å². The maximum absolute atomic E-state index is 13.8. The second-order valence-corrected chi connectivity index (χ2v) is 5.77. The molecule has 0 saturated carbocycles. The molecule has 0 atom stereocenters. The molecule has 0 N–H and O–H groups in total. The lowest BCUT2D eigenvalue weighted by Gasteiger charge is -2.36. The molecule has 1 aromatic rings. The summed E-state index contributed by atoms with van der Waals surface area (Å²) in [5.41, 5.74) is -0.427. The van der Waals surface area contributed by atoms with E-state index in [1.807, 2.05) is 13.8 Å². The Balaban J connectivity index is 2.23. The molecule has 1 fully saturated rings. The van der Waals surface area contributed by atoms with Gasteiger partial charge in [-0.1, -0.05) is 25.0 Å². The van der Waals surface area contributed by atoms with Gasteiger partial charge in [-0.2, -0.15) is 0 Å². The van der Waals surface area contributed by atoms with Crippen molar-refractivity contribution in [2.24, 2.45) is 0 Å².